The number of urea groups is 1. The fourth-order valence-corrected chi connectivity index (χ4v) is 7.54. The maximum Gasteiger partial charge on any atom is 0.319 e. The highest BCUT2D eigenvalue weighted by Crippen LogP contribution is 2.18. The summed E-state index contributed by atoms with van der Waals surface area (Å²) >= 11 is 0. The fraction of sp³-hybridized carbons (Fsp3) is 0.851. The summed E-state index contributed by atoms with van der Waals surface area (Å²) in [6.07, 6.45) is 52.8. The monoisotopic (exact) mass is 713 g/mol. The minimum absolute atomic E-state index is 0.167. The van der Waals surface area contributed by atoms with Gasteiger partial charge in [-0.05, 0) is 37.6 Å². The lowest BCUT2D eigenvalue weighted by Gasteiger charge is -2.14. The topological polar surface area (TPSA) is 61.4 Å². The van der Waals surface area contributed by atoms with Crippen LogP contribution in [0.5, 0.6) is 5.75 Å². The number of phenolic OH excluding ortho intramolecular Hbond substituents is 1. The average Bonchev–Trinajstić information content (AvgIpc) is 3.12. The molecule has 0 saturated carbocycles. The van der Waals surface area contributed by atoms with Crippen LogP contribution in [0, 0.1) is 0 Å². The molecule has 1 unspecified atom stereocenters. The molecule has 0 spiro atoms. The second-order valence-electron chi connectivity index (χ2n) is 16.2. The molecule has 0 saturated heterocycles. The highest BCUT2D eigenvalue weighted by molar-refractivity contribution is 5.89. The molecule has 0 radical (unpaired) electrons. The first-order chi connectivity index (χ1) is 25.1. The molecule has 0 aliphatic heterocycles. The third kappa shape index (κ3) is 35.1. The number of nitrogens with one attached hydrogen (secondary N) is 2. The summed E-state index contributed by atoms with van der Waals surface area (Å²) in [7, 11) is 0. The lowest BCUT2D eigenvalue weighted by atomic mass is 10.0. The normalized spacial score (nSPS) is 12.0. The number of carbonyl (C=O) groups excluding carboxylic acids is 1. The van der Waals surface area contributed by atoms with Crippen molar-refractivity contribution in [3.63, 3.8) is 0 Å². The summed E-state index contributed by atoms with van der Waals surface area (Å²) in [5, 5.41) is 15.2. The van der Waals surface area contributed by atoms with E-state index in [9.17, 15) is 9.90 Å². The van der Waals surface area contributed by atoms with E-state index in [4.69, 9.17) is 0 Å². The molecular weight excluding hydrogens is 625 g/mol. The fourth-order valence-electron chi connectivity index (χ4n) is 7.54. The van der Waals surface area contributed by atoms with Gasteiger partial charge in [-0.25, -0.2) is 4.79 Å². The summed E-state index contributed by atoms with van der Waals surface area (Å²) < 4.78 is 0. The number of hydrogen-bond donors (Lipinski definition) is 3. The molecule has 1 aromatic carbocycles. The number of benzene rings is 1. The van der Waals surface area contributed by atoms with Crippen LogP contribution in [0.3, 0.4) is 0 Å². The smallest absolute Gasteiger partial charge is 0.319 e. The Labute approximate surface area is 318 Å². The maximum atomic E-state index is 12.1. The number of unbranched alkanes of at least 4 members (excludes halogenated alkanes) is 35. The standard InChI is InChI=1S/C47H88N2O2/c1-3-4-5-6-7-8-9-10-11-12-13-14-15-16-17-18-19-20-21-22-23-24-25-26-27-28-29-30-31-32-33-34-35-36-37-38-39-44(2)48-47(51)49-45-40-42-46(50)43-41-45/h40-44,50H,3-39H2,1-2H3,(H2,48,49,51). The molecule has 2 amide bonds. The molecule has 1 rings (SSSR count). The van der Waals surface area contributed by atoms with E-state index >= 15 is 0 Å². The van der Waals surface area contributed by atoms with Gasteiger partial charge in [-0.3, -0.25) is 0 Å². The summed E-state index contributed by atoms with van der Waals surface area (Å²) in [6, 6.07) is 6.53. The quantitative estimate of drug-likeness (QED) is 0.0470. The number of aromatic hydroxyl groups is 1. The van der Waals surface area contributed by atoms with Gasteiger partial charge in [0.05, 0.1) is 0 Å². The Hall–Kier alpha value is -1.71. The van der Waals surface area contributed by atoms with Gasteiger partial charge >= 0.3 is 6.03 Å². The van der Waals surface area contributed by atoms with Crippen LogP contribution in [0.4, 0.5) is 10.5 Å². The second kappa shape index (κ2) is 38.0. The first-order valence-electron chi connectivity index (χ1n) is 23.0. The zero-order chi connectivity index (χ0) is 36.7. The van der Waals surface area contributed by atoms with Crippen molar-refractivity contribution in [2.45, 2.75) is 257 Å². The zero-order valence-corrected chi connectivity index (χ0v) is 34.4. The minimum Gasteiger partial charge on any atom is -0.508 e. The predicted molar refractivity (Wildman–Crippen MR) is 226 cm³/mol. The van der Waals surface area contributed by atoms with Gasteiger partial charge in [-0.2, -0.15) is 0 Å². The molecule has 0 aliphatic rings. The van der Waals surface area contributed by atoms with E-state index in [0.717, 1.165) is 6.42 Å². The van der Waals surface area contributed by atoms with Crippen molar-refractivity contribution in [1.29, 1.82) is 0 Å². The molecular formula is C47H88N2O2. The molecule has 51 heavy (non-hydrogen) atoms. The molecule has 0 aliphatic carbocycles. The van der Waals surface area contributed by atoms with Gasteiger partial charge in [0, 0.05) is 11.7 Å². The van der Waals surface area contributed by atoms with Crippen molar-refractivity contribution < 1.29 is 9.90 Å². The molecule has 0 bridgehead atoms. The number of hydrogen-bond acceptors (Lipinski definition) is 2. The van der Waals surface area contributed by atoms with Crippen molar-refractivity contribution in [3.8, 4) is 5.75 Å². The van der Waals surface area contributed by atoms with Crippen LogP contribution in [-0.4, -0.2) is 17.2 Å². The van der Waals surface area contributed by atoms with Crippen molar-refractivity contribution in [3.05, 3.63) is 24.3 Å². The SMILES string of the molecule is CCCCCCCCCCCCCCCCCCCCCCCCCCCCCCCCCCCCCCC(C)NC(=O)Nc1ccc(O)cc1. The van der Waals surface area contributed by atoms with Gasteiger partial charge in [0.2, 0.25) is 0 Å². The summed E-state index contributed by atoms with van der Waals surface area (Å²) in [5.41, 5.74) is 0.689. The number of amides is 2. The van der Waals surface area contributed by atoms with E-state index in [-0.39, 0.29) is 17.8 Å². The molecule has 4 nitrogen and oxygen atoms in total. The molecule has 298 valence electrons. The van der Waals surface area contributed by atoms with Crippen molar-refractivity contribution in [1.82, 2.24) is 5.32 Å². The van der Waals surface area contributed by atoms with Gasteiger partial charge in [-0.1, -0.05) is 238 Å². The minimum atomic E-state index is -0.181. The highest BCUT2D eigenvalue weighted by atomic mass is 16.3. The lowest BCUT2D eigenvalue weighted by Crippen LogP contribution is -2.36. The second-order valence-corrected chi connectivity index (χ2v) is 16.2. The van der Waals surface area contributed by atoms with Gasteiger partial charge in [0.25, 0.3) is 0 Å². The Bertz CT molecular complexity index is 841. The Balaban J connectivity index is 1.67. The lowest BCUT2D eigenvalue weighted by molar-refractivity contribution is 0.248. The van der Waals surface area contributed by atoms with E-state index in [1.165, 1.54) is 231 Å². The predicted octanol–water partition coefficient (Wildman–Crippen LogP) is 16.4. The molecule has 1 atom stereocenters. The molecule has 3 N–H and O–H groups in total. The Morgan fingerprint density at radius 3 is 0.980 bits per heavy atom. The Morgan fingerprint density at radius 1 is 0.451 bits per heavy atom. The van der Waals surface area contributed by atoms with Gasteiger partial charge in [-0.15, -0.1) is 0 Å². The summed E-state index contributed by atoms with van der Waals surface area (Å²) in [5.74, 6) is 0.200. The Morgan fingerprint density at radius 2 is 0.706 bits per heavy atom. The van der Waals surface area contributed by atoms with Crippen LogP contribution in [0.1, 0.15) is 251 Å². The maximum absolute atomic E-state index is 12.1. The summed E-state index contributed by atoms with van der Waals surface area (Å²) in [4.78, 5) is 12.1. The van der Waals surface area contributed by atoms with E-state index in [1.54, 1.807) is 24.3 Å². The van der Waals surface area contributed by atoms with Crippen LogP contribution in [0.15, 0.2) is 24.3 Å². The van der Waals surface area contributed by atoms with E-state index in [0.29, 0.717) is 5.69 Å². The van der Waals surface area contributed by atoms with Crippen LogP contribution in [0.25, 0.3) is 0 Å². The molecule has 1 aromatic rings. The average molecular weight is 713 g/mol. The molecule has 0 heterocycles. The number of anilines is 1. The van der Waals surface area contributed by atoms with Gasteiger partial charge in [0.15, 0.2) is 0 Å². The first-order valence-corrected chi connectivity index (χ1v) is 23.0. The largest absolute Gasteiger partial charge is 0.508 e. The van der Waals surface area contributed by atoms with Crippen LogP contribution in [0.2, 0.25) is 0 Å². The van der Waals surface area contributed by atoms with Crippen molar-refractivity contribution in [2.24, 2.45) is 0 Å². The van der Waals surface area contributed by atoms with Gasteiger partial charge < -0.3 is 15.7 Å². The molecule has 0 aromatic heterocycles. The number of phenols is 1. The molecule has 0 fully saturated rings. The summed E-state index contributed by atoms with van der Waals surface area (Å²) in [6.45, 7) is 4.38. The zero-order valence-electron chi connectivity index (χ0n) is 34.4. The Kier molecular flexibility index (Phi) is 35.3. The van der Waals surface area contributed by atoms with Gasteiger partial charge in [0.1, 0.15) is 5.75 Å². The van der Waals surface area contributed by atoms with E-state index in [1.807, 2.05) is 0 Å². The number of carbonyl (C=O) groups is 1. The van der Waals surface area contributed by atoms with Crippen LogP contribution in [-0.2, 0) is 0 Å². The first kappa shape index (κ1) is 47.3. The van der Waals surface area contributed by atoms with Crippen LogP contribution < -0.4 is 10.6 Å². The third-order valence-electron chi connectivity index (χ3n) is 11.0. The van der Waals surface area contributed by atoms with Crippen molar-refractivity contribution in [2.75, 3.05) is 5.32 Å². The van der Waals surface area contributed by atoms with E-state index in [2.05, 4.69) is 24.5 Å². The highest BCUT2D eigenvalue weighted by Gasteiger charge is 2.07. The third-order valence-corrected chi connectivity index (χ3v) is 11.0. The van der Waals surface area contributed by atoms with Crippen molar-refractivity contribution >= 4 is 11.7 Å². The molecule has 4 heteroatoms. The van der Waals surface area contributed by atoms with Crippen LogP contribution >= 0.6 is 0 Å². The van der Waals surface area contributed by atoms with E-state index < -0.39 is 0 Å². The number of rotatable bonds is 39.